The maximum Gasteiger partial charge on any atom is 0.341 e. The lowest BCUT2D eigenvalue weighted by Gasteiger charge is -2.18. The summed E-state index contributed by atoms with van der Waals surface area (Å²) in [4.78, 5) is 54.5. The van der Waals surface area contributed by atoms with E-state index >= 15 is 0 Å². The maximum atomic E-state index is 13.1. The van der Waals surface area contributed by atoms with Crippen molar-refractivity contribution in [3.63, 3.8) is 0 Å². The topological polar surface area (TPSA) is 92.8 Å². The molecular weight excluding hydrogens is 476 g/mol. The summed E-state index contributed by atoms with van der Waals surface area (Å²) in [6, 6.07) is 6.53. The molecule has 186 valence electrons. The van der Waals surface area contributed by atoms with Crippen LogP contribution in [0.5, 0.6) is 0 Å². The normalized spacial score (nSPS) is 27.8. The number of carbonyl (C=O) groups is 4. The number of amides is 3. The fraction of sp³-hybridized carbons (Fsp3) is 0.429. The molecule has 8 heteroatoms. The Hall–Kier alpha value is -3.26. The number of nitrogens with zero attached hydrogens (tertiary/aromatic N) is 1. The Balaban J connectivity index is 1.22. The molecule has 4 aliphatic rings. The molecule has 3 aliphatic carbocycles. The minimum Gasteiger partial charge on any atom is -0.462 e. The van der Waals surface area contributed by atoms with Crippen LogP contribution in [0.25, 0.3) is 0 Å². The molecule has 1 saturated heterocycles. The molecule has 1 aromatic heterocycles. The average Bonchev–Trinajstić information content (AvgIpc) is 3.61. The van der Waals surface area contributed by atoms with Gasteiger partial charge in [-0.15, -0.1) is 11.3 Å². The number of imide groups is 1. The van der Waals surface area contributed by atoms with Gasteiger partial charge in [0.15, 0.2) is 0 Å². The quantitative estimate of drug-likeness (QED) is 0.365. The van der Waals surface area contributed by atoms with Crippen LogP contribution in [0, 0.1) is 29.6 Å². The molecule has 0 unspecified atom stereocenters. The Morgan fingerprint density at radius 1 is 1.08 bits per heavy atom. The number of aryl methyl sites for hydroxylation is 1. The Morgan fingerprint density at radius 2 is 1.75 bits per heavy atom. The maximum absolute atomic E-state index is 13.1. The lowest BCUT2D eigenvalue weighted by molar-refractivity contribution is -0.123. The van der Waals surface area contributed by atoms with E-state index in [9.17, 15) is 19.2 Å². The highest BCUT2D eigenvalue weighted by atomic mass is 32.1. The molecule has 6 rings (SSSR count). The number of fused-ring (bicyclic) bond motifs is 6. The lowest BCUT2D eigenvalue weighted by Crippen LogP contribution is -2.32. The van der Waals surface area contributed by atoms with E-state index < -0.39 is 5.97 Å². The molecular formula is C28H28N2O5S. The second-order valence-corrected chi connectivity index (χ2v) is 11.4. The van der Waals surface area contributed by atoms with E-state index in [4.69, 9.17) is 4.74 Å². The zero-order valence-electron chi connectivity index (χ0n) is 20.3. The third kappa shape index (κ3) is 3.53. The minimum atomic E-state index is -0.408. The molecule has 0 radical (unpaired) electrons. The van der Waals surface area contributed by atoms with Crippen molar-refractivity contribution in [2.45, 2.75) is 39.5 Å². The molecule has 1 N–H and O–H groups in total. The van der Waals surface area contributed by atoms with Crippen LogP contribution in [0.15, 0.2) is 36.4 Å². The molecule has 36 heavy (non-hydrogen) atoms. The van der Waals surface area contributed by atoms with Crippen LogP contribution >= 0.6 is 11.3 Å². The van der Waals surface area contributed by atoms with Crippen molar-refractivity contribution in [2.75, 3.05) is 16.8 Å². The second kappa shape index (κ2) is 8.69. The van der Waals surface area contributed by atoms with Gasteiger partial charge in [-0.3, -0.25) is 19.3 Å². The third-order valence-corrected chi connectivity index (χ3v) is 9.28. The summed E-state index contributed by atoms with van der Waals surface area (Å²) in [5.41, 5.74) is 2.33. The van der Waals surface area contributed by atoms with Gasteiger partial charge >= 0.3 is 5.97 Å². The van der Waals surface area contributed by atoms with Gasteiger partial charge in [0.1, 0.15) is 5.00 Å². The summed E-state index contributed by atoms with van der Waals surface area (Å²) in [5, 5.41) is 3.44. The fourth-order valence-corrected chi connectivity index (χ4v) is 7.59. The zero-order valence-corrected chi connectivity index (χ0v) is 21.1. The van der Waals surface area contributed by atoms with Gasteiger partial charge in [-0.2, -0.15) is 0 Å². The van der Waals surface area contributed by atoms with Crippen molar-refractivity contribution in [1.29, 1.82) is 0 Å². The summed E-state index contributed by atoms with van der Waals surface area (Å²) in [7, 11) is 0. The van der Waals surface area contributed by atoms with Gasteiger partial charge in [0.05, 0.1) is 29.7 Å². The van der Waals surface area contributed by atoms with Crippen molar-refractivity contribution in [2.24, 2.45) is 29.6 Å². The second-order valence-electron chi connectivity index (χ2n) is 10.3. The van der Waals surface area contributed by atoms with E-state index in [1.807, 2.05) is 0 Å². The molecule has 1 aliphatic heterocycles. The average molecular weight is 505 g/mol. The number of hydrogen-bond donors (Lipinski definition) is 1. The van der Waals surface area contributed by atoms with Crippen molar-refractivity contribution >= 4 is 45.7 Å². The van der Waals surface area contributed by atoms with Gasteiger partial charge < -0.3 is 10.1 Å². The van der Waals surface area contributed by atoms with Gasteiger partial charge in [-0.05, 0) is 80.2 Å². The molecule has 1 saturated carbocycles. The van der Waals surface area contributed by atoms with Crippen LogP contribution in [0.4, 0.5) is 10.7 Å². The number of thiophene rings is 1. The Morgan fingerprint density at radius 3 is 2.39 bits per heavy atom. The van der Waals surface area contributed by atoms with E-state index in [0.29, 0.717) is 27.7 Å². The molecule has 2 fully saturated rings. The van der Waals surface area contributed by atoms with Crippen molar-refractivity contribution in [3.8, 4) is 0 Å². The lowest BCUT2D eigenvalue weighted by atomic mass is 9.85. The SMILES string of the molecule is CCOC(=O)c1c(NC(=O)c2ccc(N3C(=O)[C@@H]4[C@H](C3=O)[C@H]3C=C[C@H]4C3)cc2)sc2c1C[C@H](C)CC2. The summed E-state index contributed by atoms with van der Waals surface area (Å²) < 4.78 is 5.30. The standard InChI is InChI=1S/C28H28N2O5S/c1-3-35-28(34)23-19-12-14(2)4-11-20(19)36-25(23)29-24(31)15-7-9-18(10-8-15)30-26(32)21-16-5-6-17(13-16)22(21)27(30)33/h5-10,14,16-17,21-22H,3-4,11-13H2,1-2H3,(H,29,31)/t14-,16+,17+,21-,22+/m1/s1. The Bertz CT molecular complexity index is 1280. The molecule has 2 aromatic rings. The summed E-state index contributed by atoms with van der Waals surface area (Å²) in [6.45, 7) is 4.20. The molecule has 2 bridgehead atoms. The predicted octanol–water partition coefficient (Wildman–Crippen LogP) is 4.61. The first kappa shape index (κ1) is 23.2. The van der Waals surface area contributed by atoms with E-state index in [2.05, 4.69) is 24.4 Å². The molecule has 5 atom stereocenters. The first-order valence-corrected chi connectivity index (χ1v) is 13.5. The number of carbonyl (C=O) groups excluding carboxylic acids is 4. The predicted molar refractivity (Wildman–Crippen MR) is 136 cm³/mol. The van der Waals surface area contributed by atoms with Gasteiger partial charge in [0.25, 0.3) is 5.91 Å². The van der Waals surface area contributed by atoms with E-state index in [1.165, 1.54) is 16.2 Å². The highest BCUT2D eigenvalue weighted by molar-refractivity contribution is 7.17. The Kier molecular flexibility index (Phi) is 5.59. The molecule has 7 nitrogen and oxygen atoms in total. The number of ether oxygens (including phenoxy) is 1. The van der Waals surface area contributed by atoms with Gasteiger partial charge in [-0.25, -0.2) is 4.79 Å². The third-order valence-electron chi connectivity index (χ3n) is 8.07. The fourth-order valence-electron chi connectivity index (χ4n) is 6.36. The summed E-state index contributed by atoms with van der Waals surface area (Å²) in [5.74, 6) is -0.786. The number of nitrogens with one attached hydrogen (secondary N) is 1. The van der Waals surface area contributed by atoms with Gasteiger partial charge in [-0.1, -0.05) is 19.1 Å². The minimum absolute atomic E-state index is 0.142. The van der Waals surface area contributed by atoms with Crippen LogP contribution in [-0.2, 0) is 27.2 Å². The monoisotopic (exact) mass is 504 g/mol. The number of hydrogen-bond acceptors (Lipinski definition) is 6. The van der Waals surface area contributed by atoms with Crippen LogP contribution in [0.2, 0.25) is 0 Å². The van der Waals surface area contributed by atoms with Crippen molar-refractivity contribution in [3.05, 3.63) is 58.0 Å². The highest BCUT2D eigenvalue weighted by Gasteiger charge is 2.59. The number of anilines is 2. The van der Waals surface area contributed by atoms with E-state index in [1.54, 1.807) is 31.2 Å². The van der Waals surface area contributed by atoms with Crippen LogP contribution in [0.1, 0.15) is 57.8 Å². The molecule has 3 amide bonds. The van der Waals surface area contributed by atoms with E-state index in [-0.39, 0.29) is 48.0 Å². The number of allylic oxidation sites excluding steroid dienone is 2. The molecule has 0 spiro atoms. The summed E-state index contributed by atoms with van der Waals surface area (Å²) >= 11 is 1.44. The van der Waals surface area contributed by atoms with E-state index in [0.717, 1.165) is 36.1 Å². The van der Waals surface area contributed by atoms with Crippen molar-refractivity contribution < 1.29 is 23.9 Å². The molecule has 2 heterocycles. The molecule has 1 aromatic carbocycles. The zero-order chi connectivity index (χ0) is 25.1. The Labute approximate surface area is 213 Å². The van der Waals surface area contributed by atoms with Crippen LogP contribution in [-0.4, -0.2) is 30.3 Å². The summed E-state index contributed by atoms with van der Waals surface area (Å²) in [6.07, 6.45) is 7.76. The number of esters is 1. The number of rotatable bonds is 5. The first-order valence-electron chi connectivity index (χ1n) is 12.7. The highest BCUT2D eigenvalue weighted by Crippen LogP contribution is 2.53. The smallest absolute Gasteiger partial charge is 0.341 e. The van der Waals surface area contributed by atoms with Crippen molar-refractivity contribution in [1.82, 2.24) is 0 Å². The largest absolute Gasteiger partial charge is 0.462 e. The van der Waals surface area contributed by atoms with Crippen LogP contribution < -0.4 is 10.2 Å². The first-order chi connectivity index (χ1) is 17.4. The van der Waals surface area contributed by atoms with Gasteiger partial charge in [0.2, 0.25) is 11.8 Å². The number of benzene rings is 1. The van der Waals surface area contributed by atoms with Gasteiger partial charge in [0, 0.05) is 10.4 Å². The van der Waals surface area contributed by atoms with Crippen LogP contribution in [0.3, 0.4) is 0 Å².